The quantitative estimate of drug-likeness (QED) is 0.400. The van der Waals surface area contributed by atoms with Crippen LogP contribution in [-0.4, -0.2) is 27.8 Å². The van der Waals surface area contributed by atoms with Crippen molar-refractivity contribution in [3.8, 4) is 17.0 Å². The van der Waals surface area contributed by atoms with E-state index in [1.165, 1.54) is 12.1 Å². The number of aryl methyl sites for hydroxylation is 1. The lowest BCUT2D eigenvalue weighted by Gasteiger charge is -2.10. The second-order valence-electron chi connectivity index (χ2n) is 7.78. The summed E-state index contributed by atoms with van der Waals surface area (Å²) in [6, 6.07) is 19.3. The molecular formula is C26H21FN4O2. The third kappa shape index (κ3) is 3.89. The minimum atomic E-state index is -0.326. The van der Waals surface area contributed by atoms with Crippen LogP contribution in [-0.2, 0) is 11.3 Å². The van der Waals surface area contributed by atoms with Crippen LogP contribution in [0.4, 0.5) is 10.1 Å². The maximum Gasteiger partial charge on any atom is 0.246 e. The van der Waals surface area contributed by atoms with Gasteiger partial charge in [-0.25, -0.2) is 4.39 Å². The predicted octanol–water partition coefficient (Wildman–Crippen LogP) is 5.35. The Labute approximate surface area is 189 Å². The maximum absolute atomic E-state index is 13.5. The molecule has 1 N–H and O–H groups in total. The summed E-state index contributed by atoms with van der Waals surface area (Å²) in [7, 11) is 1.60. The number of hydrogen-bond acceptors (Lipinski definition) is 4. The lowest BCUT2D eigenvalue weighted by Crippen LogP contribution is -2.20. The van der Waals surface area contributed by atoms with Crippen LogP contribution in [0.2, 0.25) is 0 Å². The molecule has 2 heterocycles. The van der Waals surface area contributed by atoms with E-state index in [0.29, 0.717) is 11.4 Å². The number of amides is 1. The summed E-state index contributed by atoms with van der Waals surface area (Å²) in [6.07, 6.45) is 1.74. The van der Waals surface area contributed by atoms with E-state index in [1.54, 1.807) is 30.1 Å². The number of anilines is 1. The van der Waals surface area contributed by atoms with Crippen molar-refractivity contribution in [3.05, 3.63) is 84.3 Å². The Balaban J connectivity index is 1.65. The number of aromatic nitrogens is 3. The molecule has 5 rings (SSSR count). The molecule has 0 unspecified atom stereocenters. The molecule has 0 atom stereocenters. The molecule has 2 aromatic heterocycles. The average Bonchev–Trinajstić information content (AvgIpc) is 3.19. The molecule has 5 aromatic rings. The molecule has 7 heteroatoms. The monoisotopic (exact) mass is 440 g/mol. The van der Waals surface area contributed by atoms with E-state index in [0.717, 1.165) is 38.6 Å². The van der Waals surface area contributed by atoms with Crippen molar-refractivity contribution in [1.82, 2.24) is 14.8 Å². The van der Waals surface area contributed by atoms with Gasteiger partial charge >= 0.3 is 0 Å². The highest BCUT2D eigenvalue weighted by molar-refractivity contribution is 6.09. The number of carbonyl (C=O) groups is 1. The molecule has 0 fully saturated rings. The fourth-order valence-electron chi connectivity index (χ4n) is 3.93. The summed E-state index contributed by atoms with van der Waals surface area (Å²) >= 11 is 0. The number of benzene rings is 3. The molecular weight excluding hydrogens is 419 g/mol. The van der Waals surface area contributed by atoms with Gasteiger partial charge in [0, 0.05) is 28.2 Å². The molecule has 6 nitrogen and oxygen atoms in total. The van der Waals surface area contributed by atoms with Crippen LogP contribution in [0.1, 0.15) is 5.56 Å². The van der Waals surface area contributed by atoms with E-state index in [9.17, 15) is 9.18 Å². The summed E-state index contributed by atoms with van der Waals surface area (Å²) in [5, 5.41) is 9.30. The summed E-state index contributed by atoms with van der Waals surface area (Å²) in [5.41, 5.74) is 4.62. The number of nitrogens with one attached hydrogen (secondary N) is 1. The van der Waals surface area contributed by atoms with Crippen molar-refractivity contribution >= 4 is 33.4 Å². The zero-order chi connectivity index (χ0) is 22.9. The summed E-state index contributed by atoms with van der Waals surface area (Å²) in [5.74, 6) is 0.151. The molecule has 0 bridgehead atoms. The Kier molecular flexibility index (Phi) is 5.22. The Morgan fingerprint density at radius 2 is 1.85 bits per heavy atom. The first-order valence-electron chi connectivity index (χ1n) is 10.5. The number of ether oxygens (including phenoxy) is 1. The van der Waals surface area contributed by atoms with E-state index in [-0.39, 0.29) is 18.3 Å². The van der Waals surface area contributed by atoms with Gasteiger partial charge in [-0.05, 0) is 61.0 Å². The zero-order valence-corrected chi connectivity index (χ0v) is 18.2. The average molecular weight is 440 g/mol. The molecule has 0 saturated heterocycles. The molecule has 0 aliphatic rings. The molecule has 0 aliphatic heterocycles. The van der Waals surface area contributed by atoms with Crippen molar-refractivity contribution < 1.29 is 13.9 Å². The number of para-hydroxylation sites is 1. The van der Waals surface area contributed by atoms with Crippen LogP contribution in [0.25, 0.3) is 33.1 Å². The number of hydrogen-bond donors (Lipinski definition) is 1. The van der Waals surface area contributed by atoms with Gasteiger partial charge in [0.25, 0.3) is 0 Å². The summed E-state index contributed by atoms with van der Waals surface area (Å²) < 4.78 is 20.6. The number of carbonyl (C=O) groups excluding carboxylic acids is 1. The van der Waals surface area contributed by atoms with Gasteiger partial charge in [-0.2, -0.15) is 5.10 Å². The number of rotatable bonds is 5. The summed E-state index contributed by atoms with van der Waals surface area (Å²) in [4.78, 5) is 17.5. The Hall–Kier alpha value is -4.26. The third-order valence-corrected chi connectivity index (χ3v) is 5.61. The van der Waals surface area contributed by atoms with Crippen molar-refractivity contribution in [2.75, 3.05) is 12.4 Å². The number of fused-ring (bicyclic) bond motifs is 3. The van der Waals surface area contributed by atoms with Gasteiger partial charge in [0.15, 0.2) is 0 Å². The molecule has 0 saturated carbocycles. The fourth-order valence-corrected chi connectivity index (χ4v) is 3.93. The lowest BCUT2D eigenvalue weighted by molar-refractivity contribution is -0.116. The minimum Gasteiger partial charge on any atom is -0.497 e. The predicted molar refractivity (Wildman–Crippen MR) is 127 cm³/mol. The number of nitrogens with zero attached hydrogens (tertiary/aromatic N) is 3. The normalized spacial score (nSPS) is 11.1. The third-order valence-electron chi connectivity index (χ3n) is 5.61. The Morgan fingerprint density at radius 3 is 2.61 bits per heavy atom. The standard InChI is InChI=1S/C26H21FN4O2/c1-16-5-3-4-6-22(16)29-24(32)15-31-26-20-13-19(33-2)11-12-23(20)28-14-21(26)25(30-31)17-7-9-18(27)10-8-17/h3-14H,15H2,1-2H3,(H,29,32). The van der Waals surface area contributed by atoms with Gasteiger partial charge in [-0.15, -0.1) is 0 Å². The SMILES string of the molecule is COc1ccc2ncc3c(-c4ccc(F)cc4)nn(CC(=O)Nc4ccccc4C)c3c2c1. The van der Waals surface area contributed by atoms with Crippen molar-refractivity contribution in [3.63, 3.8) is 0 Å². The molecule has 33 heavy (non-hydrogen) atoms. The fraction of sp³-hybridized carbons (Fsp3) is 0.115. The topological polar surface area (TPSA) is 69.0 Å². The Bertz CT molecular complexity index is 1490. The van der Waals surface area contributed by atoms with Crippen LogP contribution < -0.4 is 10.1 Å². The van der Waals surface area contributed by atoms with Gasteiger partial charge in [-0.1, -0.05) is 18.2 Å². The van der Waals surface area contributed by atoms with Gasteiger partial charge in [0.2, 0.25) is 5.91 Å². The van der Waals surface area contributed by atoms with E-state index < -0.39 is 0 Å². The highest BCUT2D eigenvalue weighted by atomic mass is 19.1. The highest BCUT2D eigenvalue weighted by Crippen LogP contribution is 2.33. The van der Waals surface area contributed by atoms with Gasteiger partial charge < -0.3 is 10.1 Å². The second-order valence-corrected chi connectivity index (χ2v) is 7.78. The molecule has 164 valence electrons. The first-order chi connectivity index (χ1) is 16.0. The van der Waals surface area contributed by atoms with Crippen molar-refractivity contribution in [2.24, 2.45) is 0 Å². The van der Waals surface area contributed by atoms with Crippen LogP contribution in [0.3, 0.4) is 0 Å². The smallest absolute Gasteiger partial charge is 0.246 e. The van der Waals surface area contributed by atoms with E-state index in [1.807, 2.05) is 49.4 Å². The van der Waals surface area contributed by atoms with Crippen LogP contribution in [0.5, 0.6) is 5.75 Å². The largest absolute Gasteiger partial charge is 0.497 e. The number of pyridine rings is 1. The van der Waals surface area contributed by atoms with Crippen molar-refractivity contribution in [1.29, 1.82) is 0 Å². The van der Waals surface area contributed by atoms with E-state index >= 15 is 0 Å². The number of halogens is 1. The molecule has 0 aliphatic carbocycles. The number of methoxy groups -OCH3 is 1. The maximum atomic E-state index is 13.5. The highest BCUT2D eigenvalue weighted by Gasteiger charge is 2.18. The molecule has 3 aromatic carbocycles. The second kappa shape index (κ2) is 8.35. The van der Waals surface area contributed by atoms with Gasteiger partial charge in [0.1, 0.15) is 23.8 Å². The van der Waals surface area contributed by atoms with Crippen molar-refractivity contribution in [2.45, 2.75) is 13.5 Å². The first-order valence-corrected chi connectivity index (χ1v) is 10.5. The van der Waals surface area contributed by atoms with E-state index in [4.69, 9.17) is 9.84 Å². The molecule has 1 amide bonds. The lowest BCUT2D eigenvalue weighted by atomic mass is 10.1. The van der Waals surface area contributed by atoms with Gasteiger partial charge in [-0.3, -0.25) is 14.5 Å². The van der Waals surface area contributed by atoms with E-state index in [2.05, 4.69) is 10.3 Å². The first kappa shape index (κ1) is 20.6. The molecule has 0 radical (unpaired) electrons. The van der Waals surface area contributed by atoms with Crippen LogP contribution >= 0.6 is 0 Å². The minimum absolute atomic E-state index is 0.00233. The van der Waals surface area contributed by atoms with Gasteiger partial charge in [0.05, 0.1) is 18.1 Å². The molecule has 0 spiro atoms. The van der Waals surface area contributed by atoms with Crippen LogP contribution in [0, 0.1) is 12.7 Å². The van der Waals surface area contributed by atoms with Crippen LogP contribution in [0.15, 0.2) is 72.9 Å². The summed E-state index contributed by atoms with van der Waals surface area (Å²) in [6.45, 7) is 1.94. The zero-order valence-electron chi connectivity index (χ0n) is 18.2. The Morgan fingerprint density at radius 1 is 1.06 bits per heavy atom.